The van der Waals surface area contributed by atoms with Crippen molar-refractivity contribution >= 4 is 31.0 Å². The average molecular weight is 645 g/mol. The van der Waals surface area contributed by atoms with Gasteiger partial charge >= 0.3 is 0 Å². The van der Waals surface area contributed by atoms with Crippen molar-refractivity contribution in [2.45, 2.75) is 99.3 Å². The van der Waals surface area contributed by atoms with E-state index >= 15 is 0 Å². The second kappa shape index (κ2) is 14.2. The maximum absolute atomic E-state index is 13.0. The number of aliphatic hydroxyl groups excluding tert-OH is 1. The highest BCUT2D eigenvalue weighted by Gasteiger charge is 2.41. The third kappa shape index (κ3) is 6.29. The highest BCUT2D eigenvalue weighted by atomic mass is 16.3. The van der Waals surface area contributed by atoms with Crippen LogP contribution in [0.2, 0.25) is 0 Å². The molecule has 1 saturated heterocycles. The molecule has 0 saturated carbocycles. The number of allylic oxidation sites excluding steroid dienone is 12. The summed E-state index contributed by atoms with van der Waals surface area (Å²) in [4.78, 5) is 28.5. The molecular weight excluding hydrogens is 595 g/mol. The van der Waals surface area contributed by atoms with Crippen LogP contribution in [0.5, 0.6) is 0 Å². The SMILES string of the molecule is [B]NCCCCCCNC(=O)CC[C@@H]1C2=C3CC(O)=C4C3=NC(=C4C)C=C3N=C(C=C4N=C(C=C(N2)[C@H]1C)C(C)=C4CC)C(C)=C3CC. The summed E-state index contributed by atoms with van der Waals surface area (Å²) < 4.78 is 0. The Kier molecular flexibility index (Phi) is 10.1. The highest BCUT2D eigenvalue weighted by molar-refractivity contribution is 6.21. The van der Waals surface area contributed by atoms with Crippen molar-refractivity contribution in [3.63, 3.8) is 0 Å². The van der Waals surface area contributed by atoms with E-state index < -0.39 is 0 Å². The molecule has 6 rings (SSSR count). The van der Waals surface area contributed by atoms with E-state index in [4.69, 9.17) is 23.0 Å². The van der Waals surface area contributed by atoms with Gasteiger partial charge in [-0.15, -0.1) is 0 Å². The number of nitrogens with zero attached hydrogens (tertiary/aromatic N) is 3. The summed E-state index contributed by atoms with van der Waals surface area (Å²) in [5, 5.41) is 21.0. The third-order valence-electron chi connectivity index (χ3n) is 10.8. The molecule has 0 spiro atoms. The highest BCUT2D eigenvalue weighted by Crippen LogP contribution is 2.46. The molecule has 4 N–H and O–H groups in total. The quantitative estimate of drug-likeness (QED) is 0.133. The molecule has 250 valence electrons. The zero-order valence-electron chi connectivity index (χ0n) is 29.4. The molecule has 2 radical (unpaired) electrons. The smallest absolute Gasteiger partial charge is 0.220 e. The minimum absolute atomic E-state index is 0.0693. The molecule has 5 heterocycles. The van der Waals surface area contributed by atoms with E-state index in [1.54, 1.807) is 0 Å². The Bertz CT molecular complexity index is 1770. The Labute approximate surface area is 287 Å². The standard InChI is InChI=1S/C39H49BN6O2/c1-7-25-21(3)29-18-31-23(5)27(13-14-36(48)41-15-11-9-10-12-16-42-40)38(45-31)28-17-35(47)37-24(6)32(46-39(28)37)20-34-26(8-2)22(4)30(44-34)19-33(25)43-29/h18-20,23,27,42,45,47H,7-17H2,1-6H3,(H,41,48)/t23-,27-/m0/s1. The second-order valence-corrected chi connectivity index (χ2v) is 13.7. The number of aliphatic imine (C=N–C) groups is 3. The Morgan fingerprint density at radius 2 is 1.56 bits per heavy atom. The fraction of sp³-hybridized carbons (Fsp3) is 0.487. The fourth-order valence-corrected chi connectivity index (χ4v) is 7.91. The lowest BCUT2D eigenvalue weighted by Crippen LogP contribution is -2.25. The van der Waals surface area contributed by atoms with E-state index in [0.717, 1.165) is 107 Å². The van der Waals surface area contributed by atoms with E-state index in [-0.39, 0.29) is 17.7 Å². The van der Waals surface area contributed by atoms with Crippen LogP contribution in [0.4, 0.5) is 0 Å². The first kappa shape index (κ1) is 33.9. The van der Waals surface area contributed by atoms with Crippen LogP contribution in [0.15, 0.2) is 106 Å². The van der Waals surface area contributed by atoms with Crippen LogP contribution in [0.3, 0.4) is 0 Å². The molecule has 0 aromatic heterocycles. The first-order valence-electron chi connectivity index (χ1n) is 17.8. The molecule has 48 heavy (non-hydrogen) atoms. The lowest BCUT2D eigenvalue weighted by atomic mass is 9.86. The lowest BCUT2D eigenvalue weighted by Gasteiger charge is -2.18. The van der Waals surface area contributed by atoms with Gasteiger partial charge in [-0.3, -0.25) is 4.79 Å². The predicted molar refractivity (Wildman–Crippen MR) is 197 cm³/mol. The zero-order chi connectivity index (χ0) is 34.1. The molecule has 0 aromatic carbocycles. The molecular formula is C39H49BN6O2. The number of carbonyl (C=O) groups excluding carboxylic acids is 1. The van der Waals surface area contributed by atoms with Crippen LogP contribution in [-0.4, -0.2) is 49.2 Å². The third-order valence-corrected chi connectivity index (χ3v) is 10.8. The van der Waals surface area contributed by atoms with Crippen LogP contribution in [0.1, 0.15) is 99.3 Å². The molecule has 8 bridgehead atoms. The zero-order valence-corrected chi connectivity index (χ0v) is 29.4. The Morgan fingerprint density at radius 1 is 0.917 bits per heavy atom. The molecule has 6 aliphatic rings. The second-order valence-electron chi connectivity index (χ2n) is 13.7. The Hall–Kier alpha value is -3.98. The summed E-state index contributed by atoms with van der Waals surface area (Å²) in [6.45, 7) is 14.4. The van der Waals surface area contributed by atoms with Gasteiger partial charge in [-0.05, 0) is 106 Å². The molecule has 0 aromatic rings. The van der Waals surface area contributed by atoms with Gasteiger partial charge in [-0.2, -0.15) is 0 Å². The van der Waals surface area contributed by atoms with E-state index in [1.807, 2.05) is 6.92 Å². The van der Waals surface area contributed by atoms with E-state index in [2.05, 4.69) is 68.7 Å². The Balaban J connectivity index is 1.37. The number of aliphatic hydroxyl groups is 1. The van der Waals surface area contributed by atoms with Crippen molar-refractivity contribution in [3.8, 4) is 0 Å². The van der Waals surface area contributed by atoms with Crippen molar-refractivity contribution < 1.29 is 9.90 Å². The molecule has 0 unspecified atom stereocenters. The minimum atomic E-state index is 0.0693. The number of carbonyl (C=O) groups is 1. The van der Waals surface area contributed by atoms with Gasteiger partial charge in [0.05, 0.1) is 34.2 Å². The number of hydrogen-bond donors (Lipinski definition) is 4. The van der Waals surface area contributed by atoms with Crippen molar-refractivity contribution in [1.29, 1.82) is 0 Å². The normalized spacial score (nSPS) is 23.1. The van der Waals surface area contributed by atoms with Crippen LogP contribution in [0.25, 0.3) is 0 Å². The first-order valence-corrected chi connectivity index (χ1v) is 17.8. The minimum Gasteiger partial charge on any atom is -0.511 e. The largest absolute Gasteiger partial charge is 0.511 e. The molecule has 1 aliphatic carbocycles. The molecule has 1 amide bonds. The Morgan fingerprint density at radius 3 is 2.23 bits per heavy atom. The van der Waals surface area contributed by atoms with Crippen LogP contribution < -0.4 is 15.9 Å². The first-order chi connectivity index (χ1) is 23.2. The van der Waals surface area contributed by atoms with Gasteiger partial charge in [-0.25, -0.2) is 15.0 Å². The predicted octanol–water partition coefficient (Wildman–Crippen LogP) is 7.20. The molecule has 5 aliphatic heterocycles. The van der Waals surface area contributed by atoms with Crippen LogP contribution in [-0.2, 0) is 4.79 Å². The van der Waals surface area contributed by atoms with Gasteiger partial charge in [0.25, 0.3) is 0 Å². The summed E-state index contributed by atoms with van der Waals surface area (Å²) in [6, 6.07) is 0. The van der Waals surface area contributed by atoms with Crippen molar-refractivity contribution in [2.75, 3.05) is 13.1 Å². The molecule has 9 heteroatoms. The number of fused-ring (bicyclic) bond motifs is 5. The van der Waals surface area contributed by atoms with Crippen LogP contribution in [0, 0.1) is 11.8 Å². The summed E-state index contributed by atoms with van der Waals surface area (Å²) in [6.07, 6.45) is 13.9. The average Bonchev–Trinajstić information content (AvgIpc) is 3.82. The molecule has 1 fully saturated rings. The summed E-state index contributed by atoms with van der Waals surface area (Å²) >= 11 is 0. The summed E-state index contributed by atoms with van der Waals surface area (Å²) in [5.41, 5.74) is 15.2. The van der Waals surface area contributed by atoms with Gasteiger partial charge in [0.2, 0.25) is 5.91 Å². The maximum atomic E-state index is 13.0. The summed E-state index contributed by atoms with van der Waals surface area (Å²) in [5.74, 6) is 0.629. The van der Waals surface area contributed by atoms with E-state index in [0.29, 0.717) is 31.6 Å². The van der Waals surface area contributed by atoms with Crippen LogP contribution >= 0.6 is 0 Å². The fourth-order valence-electron chi connectivity index (χ4n) is 7.91. The lowest BCUT2D eigenvalue weighted by molar-refractivity contribution is -0.121. The number of nitrogens with one attached hydrogen (secondary N) is 3. The molecule has 2 atom stereocenters. The monoisotopic (exact) mass is 644 g/mol. The van der Waals surface area contributed by atoms with Gasteiger partial charge in [-0.1, -0.05) is 33.6 Å². The topological polar surface area (TPSA) is 110 Å². The number of amides is 1. The maximum Gasteiger partial charge on any atom is 0.220 e. The summed E-state index contributed by atoms with van der Waals surface area (Å²) in [7, 11) is 5.36. The van der Waals surface area contributed by atoms with Crippen molar-refractivity contribution in [2.24, 2.45) is 26.8 Å². The number of hydrogen-bond acceptors (Lipinski definition) is 7. The van der Waals surface area contributed by atoms with Gasteiger partial charge < -0.3 is 21.0 Å². The number of unbranched alkanes of at least 4 members (excludes halogenated alkanes) is 3. The van der Waals surface area contributed by atoms with Gasteiger partial charge in [0.1, 0.15) is 5.76 Å². The van der Waals surface area contributed by atoms with E-state index in [9.17, 15) is 9.90 Å². The molecule has 8 nitrogen and oxygen atoms in total. The van der Waals surface area contributed by atoms with E-state index in [1.165, 1.54) is 22.3 Å². The number of rotatable bonds is 12. The van der Waals surface area contributed by atoms with Gasteiger partial charge in [0, 0.05) is 53.8 Å². The van der Waals surface area contributed by atoms with Crippen molar-refractivity contribution in [1.82, 2.24) is 15.9 Å². The van der Waals surface area contributed by atoms with Crippen molar-refractivity contribution in [3.05, 3.63) is 91.5 Å². The van der Waals surface area contributed by atoms with Gasteiger partial charge in [0.15, 0.2) is 7.98 Å².